The average Bonchev–Trinajstić information content (AvgIpc) is 2.88. The molecule has 2 aromatic carbocycles. The predicted molar refractivity (Wildman–Crippen MR) is 95.8 cm³/mol. The fraction of sp³-hybridized carbons (Fsp3) is 0.176. The van der Waals surface area contributed by atoms with Crippen molar-refractivity contribution in [2.24, 2.45) is 5.73 Å². The van der Waals surface area contributed by atoms with Gasteiger partial charge in [0.1, 0.15) is 6.04 Å². The Bertz CT molecular complexity index is 773. The van der Waals surface area contributed by atoms with Crippen molar-refractivity contribution in [3.8, 4) is 0 Å². The summed E-state index contributed by atoms with van der Waals surface area (Å²) in [7, 11) is 0. The molecule has 3 rings (SSSR count). The topological polar surface area (TPSA) is 75.4 Å². The zero-order valence-electron chi connectivity index (χ0n) is 12.6. The van der Waals surface area contributed by atoms with E-state index in [9.17, 15) is 9.59 Å². The zero-order chi connectivity index (χ0) is 17.3. The van der Waals surface area contributed by atoms with Gasteiger partial charge in [-0.3, -0.25) is 9.59 Å². The lowest BCUT2D eigenvalue weighted by Gasteiger charge is -2.18. The summed E-state index contributed by atoms with van der Waals surface area (Å²) in [6.07, 6.45) is 0.653. The number of anilines is 2. The molecule has 0 radical (unpaired) electrons. The van der Waals surface area contributed by atoms with E-state index in [1.807, 2.05) is 0 Å². The van der Waals surface area contributed by atoms with E-state index in [-0.39, 0.29) is 11.9 Å². The van der Waals surface area contributed by atoms with Crippen LogP contribution in [0.5, 0.6) is 0 Å². The van der Waals surface area contributed by atoms with Crippen molar-refractivity contribution in [3.05, 3.63) is 58.1 Å². The minimum absolute atomic E-state index is 0.0488. The first-order chi connectivity index (χ1) is 11.4. The molecule has 2 amide bonds. The molecule has 2 aromatic rings. The van der Waals surface area contributed by atoms with Crippen LogP contribution >= 0.6 is 23.2 Å². The average molecular weight is 364 g/mol. The number of benzene rings is 2. The van der Waals surface area contributed by atoms with Crippen molar-refractivity contribution in [1.29, 1.82) is 0 Å². The molecule has 0 aromatic heterocycles. The number of nitrogens with two attached hydrogens (primary N) is 1. The monoisotopic (exact) mass is 363 g/mol. The van der Waals surface area contributed by atoms with Gasteiger partial charge < -0.3 is 16.0 Å². The Balaban J connectivity index is 1.73. The van der Waals surface area contributed by atoms with Crippen LogP contribution in [0.15, 0.2) is 42.5 Å². The number of carbonyl (C=O) groups excluding carboxylic acids is 2. The van der Waals surface area contributed by atoms with Crippen molar-refractivity contribution in [3.63, 3.8) is 0 Å². The van der Waals surface area contributed by atoms with Crippen LogP contribution in [0.1, 0.15) is 16.8 Å². The highest BCUT2D eigenvalue weighted by atomic mass is 35.5. The number of nitrogens with one attached hydrogen (secondary N) is 1. The zero-order valence-corrected chi connectivity index (χ0v) is 14.1. The maximum Gasteiger partial charge on any atom is 0.249 e. The molecule has 1 aliphatic heterocycles. The van der Waals surface area contributed by atoms with Crippen LogP contribution in [0.4, 0.5) is 11.4 Å². The van der Waals surface area contributed by atoms with Crippen LogP contribution in [-0.4, -0.2) is 24.4 Å². The molecule has 0 aliphatic carbocycles. The van der Waals surface area contributed by atoms with Gasteiger partial charge in [0, 0.05) is 33.5 Å². The Kier molecular flexibility index (Phi) is 4.64. The molecule has 1 saturated heterocycles. The summed E-state index contributed by atoms with van der Waals surface area (Å²) in [5.41, 5.74) is 7.08. The van der Waals surface area contributed by atoms with E-state index in [1.54, 1.807) is 47.4 Å². The highest BCUT2D eigenvalue weighted by Gasteiger charge is 2.32. The molecular formula is C17H15Cl2N3O2. The van der Waals surface area contributed by atoms with E-state index in [1.165, 1.54) is 0 Å². The van der Waals surface area contributed by atoms with E-state index < -0.39 is 5.91 Å². The molecule has 5 nitrogen and oxygen atoms in total. The first kappa shape index (κ1) is 16.6. The number of rotatable bonds is 4. The van der Waals surface area contributed by atoms with E-state index >= 15 is 0 Å². The quantitative estimate of drug-likeness (QED) is 0.874. The van der Waals surface area contributed by atoms with Gasteiger partial charge in [-0.25, -0.2) is 0 Å². The van der Waals surface area contributed by atoms with Gasteiger partial charge in [0.15, 0.2) is 0 Å². The normalized spacial score (nSPS) is 17.2. The molecule has 1 unspecified atom stereocenters. The van der Waals surface area contributed by atoms with Gasteiger partial charge >= 0.3 is 0 Å². The fourth-order valence-corrected chi connectivity index (χ4v) is 3.21. The molecule has 1 aliphatic rings. The summed E-state index contributed by atoms with van der Waals surface area (Å²) >= 11 is 12.0. The van der Waals surface area contributed by atoms with E-state index in [0.29, 0.717) is 34.3 Å². The summed E-state index contributed by atoms with van der Waals surface area (Å²) in [6, 6.07) is 11.4. The second-order valence-electron chi connectivity index (χ2n) is 5.54. The van der Waals surface area contributed by atoms with Gasteiger partial charge in [-0.2, -0.15) is 0 Å². The Morgan fingerprint density at radius 3 is 2.33 bits per heavy atom. The Morgan fingerprint density at radius 1 is 1.12 bits per heavy atom. The molecule has 1 fully saturated rings. The van der Waals surface area contributed by atoms with Crippen LogP contribution in [-0.2, 0) is 4.79 Å². The lowest BCUT2D eigenvalue weighted by atomic mass is 10.1. The number of primary amides is 1. The van der Waals surface area contributed by atoms with Gasteiger partial charge in [0.25, 0.3) is 0 Å². The molecule has 24 heavy (non-hydrogen) atoms. The Morgan fingerprint density at radius 2 is 1.75 bits per heavy atom. The molecule has 1 heterocycles. The summed E-state index contributed by atoms with van der Waals surface area (Å²) < 4.78 is 0. The van der Waals surface area contributed by atoms with E-state index in [2.05, 4.69) is 5.32 Å². The minimum atomic E-state index is -0.484. The molecule has 124 valence electrons. The van der Waals surface area contributed by atoms with Crippen molar-refractivity contribution in [1.82, 2.24) is 0 Å². The molecule has 7 heteroatoms. The van der Waals surface area contributed by atoms with Gasteiger partial charge in [0.05, 0.1) is 0 Å². The maximum atomic E-state index is 12.6. The summed E-state index contributed by atoms with van der Waals surface area (Å²) in [5, 5.41) is 4.16. The first-order valence-corrected chi connectivity index (χ1v) is 8.13. The van der Waals surface area contributed by atoms with Crippen LogP contribution in [0.2, 0.25) is 10.0 Å². The molecule has 1 atom stereocenters. The number of halogens is 2. The van der Waals surface area contributed by atoms with Crippen LogP contribution in [0.3, 0.4) is 0 Å². The van der Waals surface area contributed by atoms with Crippen molar-refractivity contribution < 1.29 is 9.59 Å². The van der Waals surface area contributed by atoms with Gasteiger partial charge in [-0.1, -0.05) is 23.2 Å². The van der Waals surface area contributed by atoms with E-state index in [0.717, 1.165) is 5.69 Å². The second kappa shape index (κ2) is 6.71. The standard InChI is InChI=1S/C17H15Cl2N3O2/c18-11-7-12(19)9-14(8-11)22-6-5-15(17(22)24)21-13-3-1-10(2-4-13)16(20)23/h1-4,7-9,15,21H,5-6H2,(H2,20,23). The number of amides is 2. The summed E-state index contributed by atoms with van der Waals surface area (Å²) in [6.45, 7) is 0.576. The Labute approximate surface area is 149 Å². The SMILES string of the molecule is NC(=O)c1ccc(NC2CCN(c3cc(Cl)cc(Cl)c3)C2=O)cc1. The van der Waals surface area contributed by atoms with Gasteiger partial charge in [-0.05, 0) is 48.9 Å². The summed E-state index contributed by atoms with van der Waals surface area (Å²) in [4.78, 5) is 25.4. The fourth-order valence-electron chi connectivity index (χ4n) is 2.70. The second-order valence-corrected chi connectivity index (χ2v) is 6.42. The molecular weight excluding hydrogens is 349 g/mol. The first-order valence-electron chi connectivity index (χ1n) is 7.38. The highest BCUT2D eigenvalue weighted by molar-refractivity contribution is 6.35. The minimum Gasteiger partial charge on any atom is -0.374 e. The smallest absolute Gasteiger partial charge is 0.249 e. The molecule has 0 bridgehead atoms. The van der Waals surface area contributed by atoms with Crippen molar-refractivity contribution in [2.45, 2.75) is 12.5 Å². The number of carbonyl (C=O) groups is 2. The Hall–Kier alpha value is -2.24. The van der Waals surface area contributed by atoms with Crippen LogP contribution in [0.25, 0.3) is 0 Å². The third-order valence-electron chi connectivity index (χ3n) is 3.87. The maximum absolute atomic E-state index is 12.6. The molecule has 3 N–H and O–H groups in total. The summed E-state index contributed by atoms with van der Waals surface area (Å²) in [5.74, 6) is -0.533. The third-order valence-corrected chi connectivity index (χ3v) is 4.31. The molecule has 0 saturated carbocycles. The van der Waals surface area contributed by atoms with Crippen LogP contribution < -0.4 is 16.0 Å². The van der Waals surface area contributed by atoms with Crippen LogP contribution in [0, 0.1) is 0 Å². The molecule has 0 spiro atoms. The van der Waals surface area contributed by atoms with Crippen molar-refractivity contribution >= 4 is 46.4 Å². The highest BCUT2D eigenvalue weighted by Crippen LogP contribution is 2.29. The largest absolute Gasteiger partial charge is 0.374 e. The number of hydrogen-bond acceptors (Lipinski definition) is 3. The number of hydrogen-bond donors (Lipinski definition) is 2. The number of nitrogens with zero attached hydrogens (tertiary/aromatic N) is 1. The van der Waals surface area contributed by atoms with Gasteiger partial charge in [0.2, 0.25) is 11.8 Å². The van der Waals surface area contributed by atoms with Gasteiger partial charge in [-0.15, -0.1) is 0 Å². The van der Waals surface area contributed by atoms with Crippen molar-refractivity contribution in [2.75, 3.05) is 16.8 Å². The third kappa shape index (κ3) is 3.47. The lowest BCUT2D eigenvalue weighted by molar-refractivity contribution is -0.117. The predicted octanol–water partition coefficient (Wildman–Crippen LogP) is 3.31. The van der Waals surface area contributed by atoms with E-state index in [4.69, 9.17) is 28.9 Å². The lowest BCUT2D eigenvalue weighted by Crippen LogP contribution is -2.33.